The van der Waals surface area contributed by atoms with Crippen LogP contribution in [-0.2, 0) is 10.2 Å². The molecule has 20 heavy (non-hydrogen) atoms. The van der Waals surface area contributed by atoms with Gasteiger partial charge in [-0.1, -0.05) is 20.8 Å². The number of nitrogens with zero attached hydrogens (tertiary/aromatic N) is 1. The SMILES string of the molecule is COc1ccc(N2CCC(=O)NC2=O)cc1C(C)(C)C. The molecule has 1 saturated heterocycles. The van der Waals surface area contributed by atoms with Crippen LogP contribution in [0.25, 0.3) is 0 Å². The van der Waals surface area contributed by atoms with Crippen molar-refractivity contribution < 1.29 is 14.3 Å². The number of urea groups is 1. The highest BCUT2D eigenvalue weighted by Crippen LogP contribution is 2.34. The Kier molecular flexibility index (Phi) is 3.70. The molecule has 0 saturated carbocycles. The van der Waals surface area contributed by atoms with Gasteiger partial charge in [0.05, 0.1) is 7.11 Å². The van der Waals surface area contributed by atoms with E-state index in [0.29, 0.717) is 13.0 Å². The van der Waals surface area contributed by atoms with Gasteiger partial charge in [0.2, 0.25) is 5.91 Å². The van der Waals surface area contributed by atoms with E-state index in [9.17, 15) is 9.59 Å². The van der Waals surface area contributed by atoms with Crippen molar-refractivity contribution in [3.8, 4) is 5.75 Å². The standard InChI is InChI=1S/C15H20N2O3/c1-15(2,3)11-9-10(5-6-12(11)20-4)17-8-7-13(18)16-14(17)19/h5-6,9H,7-8H2,1-4H3,(H,16,18,19). The van der Waals surface area contributed by atoms with E-state index in [2.05, 4.69) is 26.1 Å². The Bertz CT molecular complexity index is 547. The first-order valence-corrected chi connectivity index (χ1v) is 6.63. The molecule has 1 aliphatic rings. The molecule has 0 radical (unpaired) electrons. The number of amides is 3. The lowest BCUT2D eigenvalue weighted by molar-refractivity contribution is -0.120. The number of ether oxygens (including phenoxy) is 1. The van der Waals surface area contributed by atoms with Crippen molar-refractivity contribution in [3.05, 3.63) is 23.8 Å². The highest BCUT2D eigenvalue weighted by Gasteiger charge is 2.26. The lowest BCUT2D eigenvalue weighted by Crippen LogP contribution is -2.49. The Balaban J connectivity index is 2.39. The number of methoxy groups -OCH3 is 1. The summed E-state index contributed by atoms with van der Waals surface area (Å²) in [6.07, 6.45) is 0.322. The van der Waals surface area contributed by atoms with Gasteiger partial charge in [-0.15, -0.1) is 0 Å². The Morgan fingerprint density at radius 2 is 1.95 bits per heavy atom. The molecule has 5 nitrogen and oxygen atoms in total. The van der Waals surface area contributed by atoms with E-state index in [0.717, 1.165) is 17.0 Å². The average molecular weight is 276 g/mol. The molecule has 1 aromatic carbocycles. The third kappa shape index (κ3) is 2.76. The minimum absolute atomic E-state index is 0.0938. The minimum atomic E-state index is -0.369. The van der Waals surface area contributed by atoms with Crippen molar-refractivity contribution in [3.63, 3.8) is 0 Å². The van der Waals surface area contributed by atoms with Gasteiger partial charge in [0, 0.05) is 24.2 Å². The fraction of sp³-hybridized carbons (Fsp3) is 0.467. The molecule has 108 valence electrons. The zero-order valence-corrected chi connectivity index (χ0v) is 12.3. The van der Waals surface area contributed by atoms with Gasteiger partial charge in [-0.3, -0.25) is 15.0 Å². The highest BCUT2D eigenvalue weighted by atomic mass is 16.5. The maximum absolute atomic E-state index is 11.9. The second-order valence-corrected chi connectivity index (χ2v) is 5.89. The molecule has 3 amide bonds. The van der Waals surface area contributed by atoms with E-state index in [-0.39, 0.29) is 17.4 Å². The summed E-state index contributed by atoms with van der Waals surface area (Å²) in [6.45, 7) is 6.68. The molecule has 2 rings (SSSR count). The number of hydrogen-bond acceptors (Lipinski definition) is 3. The number of benzene rings is 1. The summed E-state index contributed by atoms with van der Waals surface area (Å²) in [4.78, 5) is 24.7. The molecule has 1 N–H and O–H groups in total. The molecular formula is C15H20N2O3. The van der Waals surface area contributed by atoms with Crippen molar-refractivity contribution >= 4 is 17.6 Å². The molecule has 0 atom stereocenters. The first-order chi connectivity index (χ1) is 9.32. The van der Waals surface area contributed by atoms with E-state index >= 15 is 0 Å². The average Bonchev–Trinajstić information content (AvgIpc) is 2.37. The van der Waals surface area contributed by atoms with Crippen molar-refractivity contribution in [2.24, 2.45) is 0 Å². The maximum atomic E-state index is 11.9. The summed E-state index contributed by atoms with van der Waals surface area (Å²) in [6, 6.07) is 5.28. The Hall–Kier alpha value is -2.04. The van der Waals surface area contributed by atoms with Gasteiger partial charge < -0.3 is 4.74 Å². The van der Waals surface area contributed by atoms with Crippen molar-refractivity contribution in [1.82, 2.24) is 5.32 Å². The number of imide groups is 1. The summed E-state index contributed by atoms with van der Waals surface area (Å²) in [5.74, 6) is 0.575. The molecule has 1 heterocycles. The van der Waals surface area contributed by atoms with E-state index in [1.54, 1.807) is 12.0 Å². The van der Waals surface area contributed by atoms with Gasteiger partial charge in [0.25, 0.3) is 0 Å². The summed E-state index contributed by atoms with van der Waals surface area (Å²) in [5.41, 5.74) is 1.71. The predicted octanol–water partition coefficient (Wildman–Crippen LogP) is 2.44. The summed E-state index contributed by atoms with van der Waals surface area (Å²) < 4.78 is 5.38. The maximum Gasteiger partial charge on any atom is 0.328 e. The monoisotopic (exact) mass is 276 g/mol. The minimum Gasteiger partial charge on any atom is -0.496 e. The summed E-state index contributed by atoms with van der Waals surface area (Å²) in [5, 5.41) is 2.33. The van der Waals surface area contributed by atoms with Crippen LogP contribution in [0.3, 0.4) is 0 Å². The molecule has 0 unspecified atom stereocenters. The topological polar surface area (TPSA) is 58.6 Å². The van der Waals surface area contributed by atoms with Gasteiger partial charge in [0.1, 0.15) is 5.75 Å². The zero-order valence-electron chi connectivity index (χ0n) is 12.3. The molecule has 1 fully saturated rings. The fourth-order valence-electron chi connectivity index (χ4n) is 2.26. The Morgan fingerprint density at radius 1 is 1.25 bits per heavy atom. The van der Waals surface area contributed by atoms with E-state index in [1.807, 2.05) is 18.2 Å². The Labute approximate surface area is 118 Å². The highest BCUT2D eigenvalue weighted by molar-refractivity contribution is 6.05. The molecule has 0 aromatic heterocycles. The number of carbonyl (C=O) groups is 2. The number of anilines is 1. The number of rotatable bonds is 2. The van der Waals surface area contributed by atoms with Gasteiger partial charge in [-0.25, -0.2) is 4.79 Å². The van der Waals surface area contributed by atoms with E-state index in [4.69, 9.17) is 4.74 Å². The van der Waals surface area contributed by atoms with Crippen LogP contribution in [0, 0.1) is 0 Å². The van der Waals surface area contributed by atoms with Gasteiger partial charge in [0.15, 0.2) is 0 Å². The van der Waals surface area contributed by atoms with Crippen LogP contribution < -0.4 is 15.0 Å². The molecule has 5 heteroatoms. The van der Waals surface area contributed by atoms with E-state index in [1.165, 1.54) is 0 Å². The fourth-order valence-corrected chi connectivity index (χ4v) is 2.26. The normalized spacial score (nSPS) is 16.1. The molecule has 1 aliphatic heterocycles. The largest absolute Gasteiger partial charge is 0.496 e. The predicted molar refractivity (Wildman–Crippen MR) is 77.2 cm³/mol. The van der Waals surface area contributed by atoms with Gasteiger partial charge in [-0.2, -0.15) is 0 Å². The third-order valence-electron chi connectivity index (χ3n) is 3.36. The van der Waals surface area contributed by atoms with Crippen LogP contribution >= 0.6 is 0 Å². The molecule has 0 spiro atoms. The Morgan fingerprint density at radius 3 is 2.50 bits per heavy atom. The second kappa shape index (κ2) is 5.15. The zero-order chi connectivity index (χ0) is 14.9. The van der Waals surface area contributed by atoms with Crippen LogP contribution in [0.15, 0.2) is 18.2 Å². The van der Waals surface area contributed by atoms with Gasteiger partial charge in [-0.05, 0) is 23.6 Å². The lowest BCUT2D eigenvalue weighted by atomic mass is 9.86. The van der Waals surface area contributed by atoms with Crippen LogP contribution in [0.2, 0.25) is 0 Å². The van der Waals surface area contributed by atoms with E-state index < -0.39 is 0 Å². The smallest absolute Gasteiger partial charge is 0.328 e. The second-order valence-electron chi connectivity index (χ2n) is 5.89. The van der Waals surface area contributed by atoms with Crippen LogP contribution in [0.4, 0.5) is 10.5 Å². The number of carbonyl (C=O) groups excluding carboxylic acids is 2. The first kappa shape index (κ1) is 14.4. The molecule has 0 aliphatic carbocycles. The third-order valence-corrected chi connectivity index (χ3v) is 3.36. The molecular weight excluding hydrogens is 256 g/mol. The summed E-state index contributed by atoms with van der Waals surface area (Å²) >= 11 is 0. The van der Waals surface area contributed by atoms with Crippen molar-refractivity contribution in [1.29, 1.82) is 0 Å². The van der Waals surface area contributed by atoms with Crippen LogP contribution in [-0.4, -0.2) is 25.6 Å². The quantitative estimate of drug-likeness (QED) is 0.902. The lowest BCUT2D eigenvalue weighted by Gasteiger charge is -2.29. The molecule has 0 bridgehead atoms. The van der Waals surface area contributed by atoms with Crippen LogP contribution in [0.1, 0.15) is 32.8 Å². The van der Waals surface area contributed by atoms with Gasteiger partial charge >= 0.3 is 6.03 Å². The van der Waals surface area contributed by atoms with Crippen molar-refractivity contribution in [2.45, 2.75) is 32.6 Å². The van der Waals surface area contributed by atoms with Crippen LogP contribution in [0.5, 0.6) is 5.75 Å². The molecule has 1 aromatic rings. The first-order valence-electron chi connectivity index (χ1n) is 6.63. The number of hydrogen-bond donors (Lipinski definition) is 1. The van der Waals surface area contributed by atoms with Crippen molar-refractivity contribution in [2.75, 3.05) is 18.6 Å². The summed E-state index contributed by atoms with van der Waals surface area (Å²) in [7, 11) is 1.64. The number of nitrogens with one attached hydrogen (secondary N) is 1.